The molecule has 1 aromatic heterocycles. The largest absolute Gasteiger partial charge is 0.481 e. The summed E-state index contributed by atoms with van der Waals surface area (Å²) in [4.78, 5) is 24.7. The first-order valence-corrected chi connectivity index (χ1v) is 5.70. The molecule has 4 nitrogen and oxygen atoms in total. The van der Waals surface area contributed by atoms with E-state index in [1.54, 1.807) is 0 Å². The van der Waals surface area contributed by atoms with Gasteiger partial charge in [-0.3, -0.25) is 9.59 Å². The molecule has 0 saturated heterocycles. The van der Waals surface area contributed by atoms with Crippen molar-refractivity contribution in [1.29, 1.82) is 0 Å². The smallest absolute Gasteiger partial charge is 0.307 e. The van der Waals surface area contributed by atoms with Gasteiger partial charge in [0.1, 0.15) is 11.2 Å². The average molecular weight is 293 g/mol. The van der Waals surface area contributed by atoms with Crippen LogP contribution in [0.1, 0.15) is 31.8 Å². The molecule has 0 bridgehead atoms. The van der Waals surface area contributed by atoms with Crippen LogP contribution in [0.25, 0.3) is 21.9 Å². The number of aliphatic carboxylic acids is 1. The molecule has 0 aliphatic heterocycles. The van der Waals surface area contributed by atoms with E-state index in [0.717, 1.165) is 12.1 Å². The monoisotopic (exact) mass is 293 g/mol. The number of carbonyl (C=O) groups is 1. The van der Waals surface area contributed by atoms with Crippen molar-refractivity contribution in [2.24, 2.45) is 0 Å². The fourth-order valence-corrected chi connectivity index (χ4v) is 1.96. The first kappa shape index (κ1) is 5.64. The molecule has 2 aromatic carbocycles. The van der Waals surface area contributed by atoms with Crippen LogP contribution in [0.3, 0.4) is 0 Å². The summed E-state index contributed by atoms with van der Waals surface area (Å²) in [5.74, 6) is -2.08. The van der Waals surface area contributed by atoms with Crippen molar-refractivity contribution < 1.29 is 29.4 Å². The van der Waals surface area contributed by atoms with Crippen LogP contribution in [-0.4, -0.2) is 11.1 Å². The number of benzene rings is 2. The summed E-state index contributed by atoms with van der Waals surface area (Å²) in [6, 6.07) is -0.942. The second kappa shape index (κ2) is 4.74. The highest BCUT2D eigenvalue weighted by molar-refractivity contribution is 5.93. The minimum Gasteiger partial charge on any atom is -0.481 e. The van der Waals surface area contributed by atoms with E-state index in [4.69, 9.17) is 19.5 Å². The number of carboxylic acids is 1. The molecule has 1 N–H and O–H groups in total. The van der Waals surface area contributed by atoms with Crippen LogP contribution in [0.4, 0.5) is 0 Å². The van der Waals surface area contributed by atoms with Gasteiger partial charge in [-0.05, 0) is 36.9 Å². The zero-order valence-electron chi connectivity index (χ0n) is 21.3. The molecule has 3 rings (SSSR count). The topological polar surface area (TPSA) is 67.5 Å². The van der Waals surface area contributed by atoms with E-state index in [2.05, 4.69) is 0 Å². The Hall–Kier alpha value is -2.62. The lowest BCUT2D eigenvalue weighted by molar-refractivity contribution is -0.136. The summed E-state index contributed by atoms with van der Waals surface area (Å²) >= 11 is 0. The maximum Gasteiger partial charge on any atom is 0.307 e. The van der Waals surface area contributed by atoms with E-state index >= 15 is 0 Å². The number of fused-ring (bicyclic) bond motifs is 2. The highest BCUT2D eigenvalue weighted by atomic mass is 16.4. The quantitative estimate of drug-likeness (QED) is 0.737. The Balaban J connectivity index is 2.75. The number of para-hydroxylation sites is 1. The Morgan fingerprint density at radius 3 is 2.90 bits per heavy atom. The first-order chi connectivity index (χ1) is 14.4. The number of hydrogen-bond acceptors (Lipinski definition) is 3. The molecular formula is C17H14O4. The Kier molecular flexibility index (Phi) is 1.27. The van der Waals surface area contributed by atoms with Crippen molar-refractivity contribution in [3.8, 4) is 0 Å². The zero-order valence-corrected chi connectivity index (χ0v) is 10.3. The van der Waals surface area contributed by atoms with Gasteiger partial charge in [-0.15, -0.1) is 0 Å². The normalized spacial score (nSPS) is 20.7. The van der Waals surface area contributed by atoms with Crippen molar-refractivity contribution in [3.05, 3.63) is 57.2 Å². The van der Waals surface area contributed by atoms with Crippen LogP contribution < -0.4 is 5.43 Å². The van der Waals surface area contributed by atoms with Crippen LogP contribution in [0.5, 0.6) is 0 Å². The standard InChI is InChI=1S/C17H14O4/c1-9-6-7-13-15(20)12-5-3-4-11(8-14(18)19)17(12)21-16(13)10(9)2/h3-7H,8H2,1-2H3,(H,18,19)/i1D3,2D3,3D,4D,5D,8D2. The highest BCUT2D eigenvalue weighted by Gasteiger charge is 2.14. The fraction of sp³-hybridized carbons (Fsp3) is 0.176. The molecule has 0 atom stereocenters. The summed E-state index contributed by atoms with van der Waals surface area (Å²) < 4.78 is 91.2. The van der Waals surface area contributed by atoms with Gasteiger partial charge in [0.25, 0.3) is 0 Å². The van der Waals surface area contributed by atoms with Crippen LogP contribution >= 0.6 is 0 Å². The molecule has 0 unspecified atom stereocenters. The van der Waals surface area contributed by atoms with Crippen LogP contribution in [0.15, 0.2) is 39.5 Å². The van der Waals surface area contributed by atoms with Crippen molar-refractivity contribution in [2.45, 2.75) is 20.1 Å². The molecular weight excluding hydrogens is 268 g/mol. The third-order valence-electron chi connectivity index (χ3n) is 2.89. The van der Waals surface area contributed by atoms with E-state index in [0.29, 0.717) is 0 Å². The van der Waals surface area contributed by atoms with Gasteiger partial charge in [0.15, 0.2) is 0 Å². The summed E-state index contributed by atoms with van der Waals surface area (Å²) in [6.45, 7) is -6.04. The molecule has 106 valence electrons. The molecule has 0 saturated carbocycles. The molecule has 0 radical (unpaired) electrons. The number of rotatable bonds is 2. The van der Waals surface area contributed by atoms with Gasteiger partial charge in [-0.25, -0.2) is 0 Å². The molecule has 0 aliphatic rings. The second-order valence-corrected chi connectivity index (χ2v) is 4.18. The predicted molar refractivity (Wildman–Crippen MR) is 80.8 cm³/mol. The molecule has 3 aromatic rings. The lowest BCUT2D eigenvalue weighted by atomic mass is 10.0. The SMILES string of the molecule is [2H]c1c([2H])c([2H])c2c(=O)c3ccc(C([2H])([2H])[2H])c(C([2H])([2H])[2H])c3oc2c1C([2H])([2H])C(=O)O. The third-order valence-corrected chi connectivity index (χ3v) is 2.89. The van der Waals surface area contributed by atoms with Gasteiger partial charge in [-0.2, -0.15) is 0 Å². The van der Waals surface area contributed by atoms with Crippen LogP contribution in [0, 0.1) is 13.7 Å². The average Bonchev–Trinajstić information content (AvgIpc) is 2.63. The van der Waals surface area contributed by atoms with E-state index in [9.17, 15) is 14.7 Å². The van der Waals surface area contributed by atoms with Gasteiger partial charge in [0.05, 0.1) is 21.3 Å². The van der Waals surface area contributed by atoms with Crippen LogP contribution in [0.2, 0.25) is 0 Å². The van der Waals surface area contributed by atoms with Crippen LogP contribution in [-0.2, 0) is 11.2 Å². The minimum atomic E-state index is -3.36. The molecule has 21 heavy (non-hydrogen) atoms. The fourth-order valence-electron chi connectivity index (χ4n) is 1.96. The Morgan fingerprint density at radius 1 is 1.33 bits per heavy atom. The second-order valence-electron chi connectivity index (χ2n) is 4.18. The summed E-state index contributed by atoms with van der Waals surface area (Å²) in [5, 5.41) is 8.13. The Bertz CT molecular complexity index is 1350. The first-order valence-electron chi connectivity index (χ1n) is 11.2. The predicted octanol–water partition coefficient (Wildman–Crippen LogP) is 3.19. The van der Waals surface area contributed by atoms with E-state index < -0.39 is 88.2 Å². The maximum atomic E-state index is 13.1. The van der Waals surface area contributed by atoms with E-state index in [1.807, 2.05) is 0 Å². The summed E-state index contributed by atoms with van der Waals surface area (Å²) in [5.41, 5.74) is -5.34. The van der Waals surface area contributed by atoms with E-state index in [1.165, 1.54) is 0 Å². The minimum absolute atomic E-state index is 0.455. The maximum absolute atomic E-state index is 13.1. The molecule has 0 spiro atoms. The Morgan fingerprint density at radius 2 is 2.19 bits per heavy atom. The van der Waals surface area contributed by atoms with Gasteiger partial charge < -0.3 is 9.52 Å². The molecule has 4 heteroatoms. The molecule has 0 amide bonds. The summed E-state index contributed by atoms with van der Waals surface area (Å²) in [6.07, 6.45) is -3.36. The van der Waals surface area contributed by atoms with Crippen molar-refractivity contribution >= 4 is 27.9 Å². The van der Waals surface area contributed by atoms with Gasteiger partial charge in [-0.1, -0.05) is 18.2 Å². The molecule has 0 aliphatic carbocycles. The van der Waals surface area contributed by atoms with Crippen molar-refractivity contribution in [2.75, 3.05) is 0 Å². The Labute approximate surface area is 136 Å². The third kappa shape index (κ3) is 2.09. The lowest BCUT2D eigenvalue weighted by Crippen LogP contribution is -2.06. The highest BCUT2D eigenvalue weighted by Crippen LogP contribution is 2.25. The van der Waals surface area contributed by atoms with Gasteiger partial charge in [0, 0.05) is 16.5 Å². The number of hydrogen-bond donors (Lipinski definition) is 1. The lowest BCUT2D eigenvalue weighted by Gasteiger charge is -2.08. The number of carboxylic acid groups (broad SMARTS) is 1. The van der Waals surface area contributed by atoms with Crippen molar-refractivity contribution in [3.63, 3.8) is 0 Å². The molecule has 1 heterocycles. The summed E-state index contributed by atoms with van der Waals surface area (Å²) in [7, 11) is 0. The number of aryl methyl sites for hydroxylation is 2. The van der Waals surface area contributed by atoms with E-state index in [-0.39, 0.29) is 0 Å². The van der Waals surface area contributed by atoms with Gasteiger partial charge in [0.2, 0.25) is 5.43 Å². The zero-order chi connectivity index (χ0) is 24.5. The van der Waals surface area contributed by atoms with Gasteiger partial charge >= 0.3 is 5.97 Å². The molecule has 0 fully saturated rings. The van der Waals surface area contributed by atoms with Crippen molar-refractivity contribution in [1.82, 2.24) is 0 Å².